The summed E-state index contributed by atoms with van der Waals surface area (Å²) in [6.07, 6.45) is 0. The second-order valence-corrected chi connectivity index (χ2v) is 7.99. The molecule has 1 aromatic heterocycles. The first-order valence-corrected chi connectivity index (χ1v) is 10.4. The number of para-hydroxylation sites is 1. The molecule has 1 amide bonds. The number of nitrogens with zero attached hydrogens (tertiary/aromatic N) is 4. The molecule has 0 spiro atoms. The summed E-state index contributed by atoms with van der Waals surface area (Å²) in [6.45, 7) is 4.76. The Hall–Kier alpha value is -3.03. The number of amides is 1. The Morgan fingerprint density at radius 1 is 1.06 bits per heavy atom. The maximum atomic E-state index is 14.2. The van der Waals surface area contributed by atoms with Gasteiger partial charge < -0.3 is 4.90 Å². The molecule has 2 heterocycles. The minimum absolute atomic E-state index is 0.194. The van der Waals surface area contributed by atoms with Gasteiger partial charge in [0.15, 0.2) is 5.69 Å². The predicted octanol–water partition coefficient (Wildman–Crippen LogP) is 3.29. The van der Waals surface area contributed by atoms with Gasteiger partial charge in [-0.25, -0.2) is 9.07 Å². The Bertz CT molecular complexity index is 1150. The number of piperazine rings is 1. The van der Waals surface area contributed by atoms with E-state index in [9.17, 15) is 14.0 Å². The van der Waals surface area contributed by atoms with Crippen LogP contribution in [-0.2, 0) is 6.54 Å². The van der Waals surface area contributed by atoms with E-state index in [1.54, 1.807) is 30.0 Å². The fourth-order valence-corrected chi connectivity index (χ4v) is 3.80. The lowest BCUT2D eigenvalue weighted by atomic mass is 10.2. The number of hydrogen-bond donors (Lipinski definition) is 0. The third-order valence-electron chi connectivity index (χ3n) is 5.37. The first kappa shape index (κ1) is 21.2. The fraction of sp³-hybridized carbons (Fsp3) is 0.261. The first-order valence-electron chi connectivity index (χ1n) is 10.0. The number of aromatic nitrogens is 2. The topological polar surface area (TPSA) is 58.4 Å². The summed E-state index contributed by atoms with van der Waals surface area (Å²) in [7, 11) is 0. The Kier molecular flexibility index (Phi) is 6.15. The van der Waals surface area contributed by atoms with Crippen LogP contribution in [0.15, 0.2) is 59.4 Å². The van der Waals surface area contributed by atoms with Crippen LogP contribution < -0.4 is 5.43 Å². The number of hydrogen-bond acceptors (Lipinski definition) is 4. The molecular weight excluding hydrogens is 419 g/mol. The lowest BCUT2D eigenvalue weighted by molar-refractivity contribution is 0.0619. The third-order valence-corrected chi connectivity index (χ3v) is 5.62. The number of halogens is 2. The molecule has 1 aliphatic rings. The summed E-state index contributed by atoms with van der Waals surface area (Å²) in [5.41, 5.74) is 1.15. The lowest BCUT2D eigenvalue weighted by Crippen LogP contribution is -2.49. The number of aryl methyl sites for hydroxylation is 1. The van der Waals surface area contributed by atoms with Gasteiger partial charge in [-0.2, -0.15) is 5.10 Å². The smallest absolute Gasteiger partial charge is 0.278 e. The summed E-state index contributed by atoms with van der Waals surface area (Å²) < 4.78 is 15.5. The van der Waals surface area contributed by atoms with Gasteiger partial charge in [0.1, 0.15) is 11.5 Å². The molecule has 6 nitrogen and oxygen atoms in total. The highest BCUT2D eigenvalue weighted by molar-refractivity contribution is 6.30. The van der Waals surface area contributed by atoms with Crippen molar-refractivity contribution in [2.24, 2.45) is 0 Å². The van der Waals surface area contributed by atoms with Crippen molar-refractivity contribution in [2.45, 2.75) is 13.5 Å². The Balaban J connectivity index is 1.49. The van der Waals surface area contributed by atoms with Gasteiger partial charge >= 0.3 is 0 Å². The molecule has 160 valence electrons. The van der Waals surface area contributed by atoms with E-state index in [1.165, 1.54) is 16.8 Å². The van der Waals surface area contributed by atoms with E-state index in [0.717, 1.165) is 12.1 Å². The number of rotatable bonds is 4. The van der Waals surface area contributed by atoms with E-state index < -0.39 is 17.2 Å². The molecular formula is C23H22ClFN4O2. The minimum Gasteiger partial charge on any atom is -0.335 e. The summed E-state index contributed by atoms with van der Waals surface area (Å²) in [5, 5.41) is 4.92. The van der Waals surface area contributed by atoms with E-state index >= 15 is 0 Å². The van der Waals surface area contributed by atoms with Crippen LogP contribution in [0, 0.1) is 12.7 Å². The van der Waals surface area contributed by atoms with Gasteiger partial charge in [0.05, 0.1) is 0 Å². The summed E-state index contributed by atoms with van der Waals surface area (Å²) in [4.78, 5) is 29.4. The highest BCUT2D eigenvalue weighted by Crippen LogP contribution is 2.15. The molecule has 8 heteroatoms. The maximum absolute atomic E-state index is 14.2. The van der Waals surface area contributed by atoms with Crippen LogP contribution in [0.4, 0.5) is 4.39 Å². The molecule has 0 aliphatic carbocycles. The van der Waals surface area contributed by atoms with E-state index in [0.29, 0.717) is 36.9 Å². The van der Waals surface area contributed by atoms with E-state index in [2.05, 4.69) is 10.00 Å². The zero-order valence-corrected chi connectivity index (χ0v) is 17.8. The fourth-order valence-electron chi connectivity index (χ4n) is 3.67. The second-order valence-electron chi connectivity index (χ2n) is 7.56. The van der Waals surface area contributed by atoms with Crippen molar-refractivity contribution in [3.63, 3.8) is 0 Å². The average molecular weight is 441 g/mol. The van der Waals surface area contributed by atoms with Gasteiger partial charge in [-0.3, -0.25) is 14.5 Å². The average Bonchev–Trinajstić information content (AvgIpc) is 2.76. The minimum atomic E-state index is -0.476. The quantitative estimate of drug-likeness (QED) is 0.624. The zero-order chi connectivity index (χ0) is 22.0. The molecule has 3 aromatic rings. The van der Waals surface area contributed by atoms with Gasteiger partial charge in [-0.15, -0.1) is 0 Å². The molecule has 2 aromatic carbocycles. The third kappa shape index (κ3) is 4.68. The van der Waals surface area contributed by atoms with Crippen molar-refractivity contribution in [2.75, 3.05) is 26.2 Å². The Morgan fingerprint density at radius 3 is 2.42 bits per heavy atom. The second kappa shape index (κ2) is 8.99. The highest BCUT2D eigenvalue weighted by atomic mass is 35.5. The molecule has 1 saturated heterocycles. The van der Waals surface area contributed by atoms with Crippen molar-refractivity contribution in [1.82, 2.24) is 19.6 Å². The highest BCUT2D eigenvalue weighted by Gasteiger charge is 2.26. The van der Waals surface area contributed by atoms with Gasteiger partial charge in [-0.1, -0.05) is 35.9 Å². The van der Waals surface area contributed by atoms with Crippen LogP contribution in [-0.4, -0.2) is 51.7 Å². The predicted molar refractivity (Wildman–Crippen MR) is 117 cm³/mol. The maximum Gasteiger partial charge on any atom is 0.278 e. The molecule has 4 rings (SSSR count). The lowest BCUT2D eigenvalue weighted by Gasteiger charge is -2.34. The normalized spacial score (nSPS) is 14.6. The van der Waals surface area contributed by atoms with Crippen molar-refractivity contribution >= 4 is 17.5 Å². The van der Waals surface area contributed by atoms with Gasteiger partial charge in [0.25, 0.3) is 5.91 Å². The summed E-state index contributed by atoms with van der Waals surface area (Å²) in [5.74, 6) is -0.905. The molecule has 0 bridgehead atoms. The van der Waals surface area contributed by atoms with Crippen LogP contribution in [0.5, 0.6) is 0 Å². The monoisotopic (exact) mass is 440 g/mol. The molecule has 0 radical (unpaired) electrons. The van der Waals surface area contributed by atoms with Crippen molar-refractivity contribution in [3.8, 4) is 5.69 Å². The Labute approximate surface area is 184 Å². The van der Waals surface area contributed by atoms with Crippen LogP contribution in [0.3, 0.4) is 0 Å². The number of carbonyl (C=O) groups is 1. The van der Waals surface area contributed by atoms with Gasteiger partial charge in [-0.05, 0) is 36.8 Å². The van der Waals surface area contributed by atoms with Crippen LogP contribution in [0.1, 0.15) is 21.7 Å². The van der Waals surface area contributed by atoms with Crippen molar-refractivity contribution in [1.29, 1.82) is 0 Å². The van der Waals surface area contributed by atoms with E-state index in [1.807, 2.05) is 24.3 Å². The van der Waals surface area contributed by atoms with Crippen LogP contribution in [0.25, 0.3) is 5.69 Å². The summed E-state index contributed by atoms with van der Waals surface area (Å²) >= 11 is 5.94. The van der Waals surface area contributed by atoms with E-state index in [-0.39, 0.29) is 11.4 Å². The molecule has 31 heavy (non-hydrogen) atoms. The molecule has 0 unspecified atom stereocenters. The molecule has 0 atom stereocenters. The largest absolute Gasteiger partial charge is 0.335 e. The van der Waals surface area contributed by atoms with E-state index in [4.69, 9.17) is 11.6 Å². The standard InChI is InChI=1S/C23H22ClFN4O2/c1-16-14-21(30)22(26-29(16)20-5-3-2-4-19(20)25)23(31)28-12-10-27(11-13-28)15-17-6-8-18(24)9-7-17/h2-9,14H,10-13,15H2,1H3. The number of carbonyl (C=O) groups excluding carboxylic acids is 1. The van der Waals surface area contributed by atoms with Crippen LogP contribution >= 0.6 is 11.6 Å². The van der Waals surface area contributed by atoms with Gasteiger partial charge in [0.2, 0.25) is 5.43 Å². The molecule has 1 aliphatic heterocycles. The van der Waals surface area contributed by atoms with Crippen molar-refractivity contribution in [3.05, 3.63) is 92.6 Å². The molecule has 0 saturated carbocycles. The Morgan fingerprint density at radius 2 is 1.74 bits per heavy atom. The van der Waals surface area contributed by atoms with Gasteiger partial charge in [0, 0.05) is 49.5 Å². The molecule has 1 fully saturated rings. The SMILES string of the molecule is Cc1cc(=O)c(C(=O)N2CCN(Cc3ccc(Cl)cc3)CC2)nn1-c1ccccc1F. The summed E-state index contributed by atoms with van der Waals surface area (Å²) in [6, 6.07) is 15.2. The first-order chi connectivity index (χ1) is 14.9. The number of benzene rings is 2. The molecule has 0 N–H and O–H groups in total. The van der Waals surface area contributed by atoms with Crippen molar-refractivity contribution < 1.29 is 9.18 Å². The zero-order valence-electron chi connectivity index (χ0n) is 17.1. The van der Waals surface area contributed by atoms with Crippen LogP contribution in [0.2, 0.25) is 5.02 Å².